The van der Waals surface area contributed by atoms with Crippen molar-refractivity contribution in [1.82, 2.24) is 4.90 Å². The highest BCUT2D eigenvalue weighted by Gasteiger charge is 2.76. The molecular weight excluding hydrogens is 342 g/mol. The Morgan fingerprint density at radius 3 is 2.15 bits per heavy atom. The molecule has 1 fully saturated rings. The number of benzene rings is 2. The zero-order valence-electron chi connectivity index (χ0n) is 14.6. The fraction of sp³-hybridized carbons (Fsp3) is 0.227. The predicted octanol–water partition coefficient (Wildman–Crippen LogP) is 2.91. The van der Waals surface area contributed by atoms with Crippen molar-refractivity contribution in [2.75, 3.05) is 0 Å². The fourth-order valence-electron chi connectivity index (χ4n) is 4.53. The van der Waals surface area contributed by atoms with Crippen molar-refractivity contribution < 1.29 is 19.1 Å². The lowest BCUT2D eigenvalue weighted by molar-refractivity contribution is -0.148. The van der Waals surface area contributed by atoms with Crippen LogP contribution in [0.4, 0.5) is 0 Å². The van der Waals surface area contributed by atoms with Gasteiger partial charge in [0, 0.05) is 25.3 Å². The Morgan fingerprint density at radius 1 is 0.889 bits per heavy atom. The van der Waals surface area contributed by atoms with Gasteiger partial charge in [-0.05, 0) is 17.7 Å². The molecule has 1 aliphatic carbocycles. The van der Waals surface area contributed by atoms with Crippen LogP contribution in [0.25, 0.3) is 0 Å². The van der Waals surface area contributed by atoms with Gasteiger partial charge in [0.05, 0.1) is 16.7 Å². The van der Waals surface area contributed by atoms with E-state index in [9.17, 15) is 14.4 Å². The minimum absolute atomic E-state index is 0.311. The van der Waals surface area contributed by atoms with E-state index >= 15 is 0 Å². The Bertz CT molecular complexity index is 977. The first-order valence-corrected chi connectivity index (χ1v) is 8.98. The molecule has 2 amide bonds. The summed E-state index contributed by atoms with van der Waals surface area (Å²) in [6, 6.07) is 16.6. The number of carbonyl (C=O) groups excluding carboxylic acids is 3. The highest BCUT2D eigenvalue weighted by atomic mass is 16.6. The highest BCUT2D eigenvalue weighted by Crippen LogP contribution is 2.61. The van der Waals surface area contributed by atoms with Crippen molar-refractivity contribution in [3.8, 4) is 0 Å². The summed E-state index contributed by atoms with van der Waals surface area (Å²) < 4.78 is 5.71. The van der Waals surface area contributed by atoms with E-state index in [1.165, 1.54) is 11.0 Å². The lowest BCUT2D eigenvalue weighted by Gasteiger charge is -2.33. The maximum absolute atomic E-state index is 13.1. The average molecular weight is 359 g/mol. The monoisotopic (exact) mass is 359 g/mol. The van der Waals surface area contributed by atoms with E-state index in [0.717, 1.165) is 5.56 Å². The van der Waals surface area contributed by atoms with Crippen molar-refractivity contribution >= 4 is 17.8 Å². The normalized spacial score (nSPS) is 28.4. The van der Waals surface area contributed by atoms with E-state index < -0.39 is 17.1 Å². The molecule has 1 spiro atoms. The van der Waals surface area contributed by atoms with Gasteiger partial charge in [0.2, 0.25) is 0 Å². The third-order valence-corrected chi connectivity index (χ3v) is 5.86. The predicted molar refractivity (Wildman–Crippen MR) is 97.0 cm³/mol. The molecule has 2 aromatic carbocycles. The first kappa shape index (κ1) is 16.0. The third-order valence-electron chi connectivity index (χ3n) is 5.86. The Labute approximate surface area is 156 Å². The van der Waals surface area contributed by atoms with Crippen LogP contribution in [0.15, 0.2) is 66.7 Å². The van der Waals surface area contributed by atoms with Crippen LogP contribution in [0.3, 0.4) is 0 Å². The van der Waals surface area contributed by atoms with Crippen molar-refractivity contribution in [3.63, 3.8) is 0 Å². The maximum atomic E-state index is 13.1. The van der Waals surface area contributed by atoms with Crippen LogP contribution >= 0.6 is 0 Å². The first-order valence-electron chi connectivity index (χ1n) is 8.98. The molecule has 5 heteroatoms. The number of rotatable bonds is 3. The van der Waals surface area contributed by atoms with Crippen LogP contribution in [-0.4, -0.2) is 33.8 Å². The molecule has 0 radical (unpaired) electrons. The second-order valence-electron chi connectivity index (χ2n) is 7.38. The topological polar surface area (TPSA) is 63.7 Å². The SMILES string of the molecule is O=C1C=CC[C@@]2(CC2(Cc2ccccc2)N2C(=O)c3ccccc3C2=O)O1. The fourth-order valence-corrected chi connectivity index (χ4v) is 4.53. The van der Waals surface area contributed by atoms with Crippen molar-refractivity contribution in [3.05, 3.63) is 83.4 Å². The summed E-state index contributed by atoms with van der Waals surface area (Å²) in [5.74, 6) is -1.05. The van der Waals surface area contributed by atoms with Gasteiger partial charge in [-0.3, -0.25) is 14.5 Å². The zero-order chi connectivity index (χ0) is 18.6. The molecule has 5 rings (SSSR count). The molecule has 1 saturated carbocycles. The smallest absolute Gasteiger partial charge is 0.331 e. The molecule has 134 valence electrons. The summed E-state index contributed by atoms with van der Waals surface area (Å²) in [6.45, 7) is 0. The van der Waals surface area contributed by atoms with Gasteiger partial charge in [-0.1, -0.05) is 48.5 Å². The molecule has 1 unspecified atom stereocenters. The average Bonchev–Trinajstić information content (AvgIpc) is 3.16. The molecule has 0 N–H and O–H groups in total. The van der Waals surface area contributed by atoms with Crippen molar-refractivity contribution in [2.24, 2.45) is 0 Å². The number of esters is 1. The third kappa shape index (κ3) is 2.14. The van der Waals surface area contributed by atoms with Crippen LogP contribution in [0.5, 0.6) is 0 Å². The van der Waals surface area contributed by atoms with Crippen LogP contribution in [0.2, 0.25) is 0 Å². The van der Waals surface area contributed by atoms with Gasteiger partial charge in [-0.25, -0.2) is 4.79 Å². The molecule has 3 aliphatic rings. The summed E-state index contributed by atoms with van der Waals surface area (Å²) >= 11 is 0. The number of hydrogen-bond acceptors (Lipinski definition) is 4. The molecule has 5 nitrogen and oxygen atoms in total. The summed E-state index contributed by atoms with van der Waals surface area (Å²) in [4.78, 5) is 39.6. The quantitative estimate of drug-likeness (QED) is 0.624. The Hall–Kier alpha value is -3.21. The Kier molecular flexibility index (Phi) is 3.20. The van der Waals surface area contributed by atoms with Gasteiger partial charge in [0.25, 0.3) is 11.8 Å². The number of ether oxygens (including phenoxy) is 1. The summed E-state index contributed by atoms with van der Waals surface area (Å²) in [7, 11) is 0. The van der Waals surface area contributed by atoms with E-state index in [1.807, 2.05) is 30.3 Å². The van der Waals surface area contributed by atoms with Gasteiger partial charge in [-0.2, -0.15) is 0 Å². The van der Waals surface area contributed by atoms with Crippen LogP contribution in [0, 0.1) is 0 Å². The largest absolute Gasteiger partial charge is 0.453 e. The number of imide groups is 1. The summed E-state index contributed by atoms with van der Waals surface area (Å²) in [5, 5.41) is 0. The van der Waals surface area contributed by atoms with Gasteiger partial charge < -0.3 is 4.74 Å². The summed E-state index contributed by atoms with van der Waals surface area (Å²) in [5.41, 5.74) is 0.116. The maximum Gasteiger partial charge on any atom is 0.331 e. The highest BCUT2D eigenvalue weighted by molar-refractivity contribution is 6.22. The number of nitrogens with zero attached hydrogens (tertiary/aromatic N) is 1. The number of fused-ring (bicyclic) bond motifs is 1. The number of hydrogen-bond donors (Lipinski definition) is 0. The van der Waals surface area contributed by atoms with Gasteiger partial charge in [0.1, 0.15) is 5.60 Å². The molecule has 0 saturated heterocycles. The van der Waals surface area contributed by atoms with Crippen LogP contribution in [-0.2, 0) is 16.0 Å². The second-order valence-corrected chi connectivity index (χ2v) is 7.38. The molecule has 0 aromatic heterocycles. The van der Waals surface area contributed by atoms with E-state index in [1.54, 1.807) is 30.3 Å². The standard InChI is InChI=1S/C22H17NO4/c24-18-11-6-12-22(27-18)14-21(22,13-15-7-2-1-3-8-15)23-19(25)16-9-4-5-10-17(16)20(23)26/h1-11H,12-14H2/t21?,22-/m0/s1. The summed E-state index contributed by atoms with van der Waals surface area (Å²) in [6.07, 6.45) is 4.59. The van der Waals surface area contributed by atoms with Crippen molar-refractivity contribution in [1.29, 1.82) is 0 Å². The minimum atomic E-state index is -0.859. The van der Waals surface area contributed by atoms with E-state index in [2.05, 4.69) is 0 Å². The van der Waals surface area contributed by atoms with Gasteiger partial charge >= 0.3 is 5.97 Å². The number of amides is 2. The molecule has 0 bridgehead atoms. The molecule has 2 atom stereocenters. The molecule has 2 aliphatic heterocycles. The van der Waals surface area contributed by atoms with Crippen LogP contribution in [0.1, 0.15) is 39.1 Å². The second kappa shape index (κ2) is 5.39. The number of carbonyl (C=O) groups is 3. The van der Waals surface area contributed by atoms with Gasteiger partial charge in [0.15, 0.2) is 0 Å². The molecule has 27 heavy (non-hydrogen) atoms. The van der Waals surface area contributed by atoms with Crippen molar-refractivity contribution in [2.45, 2.75) is 30.4 Å². The van der Waals surface area contributed by atoms with E-state index in [0.29, 0.717) is 30.4 Å². The lowest BCUT2D eigenvalue weighted by atomic mass is 9.96. The minimum Gasteiger partial charge on any atom is -0.453 e. The first-order chi connectivity index (χ1) is 13.1. The van der Waals surface area contributed by atoms with E-state index in [4.69, 9.17) is 4.74 Å². The lowest BCUT2D eigenvalue weighted by Crippen LogP contribution is -2.50. The van der Waals surface area contributed by atoms with Crippen LogP contribution < -0.4 is 0 Å². The van der Waals surface area contributed by atoms with Gasteiger partial charge in [-0.15, -0.1) is 0 Å². The van der Waals surface area contributed by atoms with E-state index in [-0.39, 0.29) is 11.8 Å². The molecule has 2 heterocycles. The molecular formula is C22H17NO4. The Morgan fingerprint density at radius 2 is 1.52 bits per heavy atom. The molecule has 2 aromatic rings. The zero-order valence-corrected chi connectivity index (χ0v) is 14.6. The Balaban J connectivity index is 1.61.